The number of benzene rings is 1. The van der Waals surface area contributed by atoms with Gasteiger partial charge in [0.1, 0.15) is 5.75 Å². The number of methoxy groups -OCH3 is 2. The van der Waals surface area contributed by atoms with Gasteiger partial charge in [-0.15, -0.1) is 0 Å². The van der Waals surface area contributed by atoms with E-state index in [1.165, 1.54) is 26.4 Å². The van der Waals surface area contributed by atoms with E-state index < -0.39 is 12.4 Å². The molecule has 0 spiro atoms. The molecule has 0 heterocycles. The standard InChI is InChI=1S/C11H15BF3O3/c1-16-6-3-7-18-11-5-4-9(17-2)8-10(11)12(13,14)15/h4-5,8H,3,6-7H2,1-2H3/q-1. The zero-order chi connectivity index (χ0) is 13.6. The van der Waals surface area contributed by atoms with E-state index in [1.807, 2.05) is 0 Å². The Morgan fingerprint density at radius 1 is 1.11 bits per heavy atom. The van der Waals surface area contributed by atoms with Gasteiger partial charge in [-0.1, -0.05) is 5.46 Å². The van der Waals surface area contributed by atoms with Crippen LogP contribution in [0.4, 0.5) is 12.9 Å². The quantitative estimate of drug-likeness (QED) is 0.557. The van der Waals surface area contributed by atoms with Crippen LogP contribution in [0.25, 0.3) is 0 Å². The lowest BCUT2D eigenvalue weighted by molar-refractivity contribution is 0.172. The molecule has 3 nitrogen and oxygen atoms in total. The van der Waals surface area contributed by atoms with Gasteiger partial charge in [-0.05, 0) is 18.2 Å². The van der Waals surface area contributed by atoms with E-state index in [1.54, 1.807) is 0 Å². The Kier molecular flexibility index (Phi) is 5.34. The minimum atomic E-state index is -5.13. The highest BCUT2D eigenvalue weighted by molar-refractivity contribution is 6.74. The molecule has 0 amide bonds. The SMILES string of the molecule is COCCCOc1ccc(OC)cc1[B-](F)(F)F. The van der Waals surface area contributed by atoms with Gasteiger partial charge in [0.25, 0.3) is 0 Å². The van der Waals surface area contributed by atoms with E-state index in [-0.39, 0.29) is 18.1 Å². The lowest BCUT2D eigenvalue weighted by Crippen LogP contribution is -2.35. The van der Waals surface area contributed by atoms with E-state index in [9.17, 15) is 12.9 Å². The van der Waals surface area contributed by atoms with Crippen LogP contribution in [-0.4, -0.2) is 34.4 Å². The summed E-state index contributed by atoms with van der Waals surface area (Å²) < 4.78 is 53.2. The van der Waals surface area contributed by atoms with Gasteiger partial charge in [-0.25, -0.2) is 0 Å². The van der Waals surface area contributed by atoms with E-state index in [2.05, 4.69) is 0 Å². The fourth-order valence-corrected chi connectivity index (χ4v) is 1.43. The Balaban J connectivity index is 2.82. The average molecular weight is 263 g/mol. The lowest BCUT2D eigenvalue weighted by Gasteiger charge is -2.20. The summed E-state index contributed by atoms with van der Waals surface area (Å²) in [5.74, 6) is -0.00663. The summed E-state index contributed by atoms with van der Waals surface area (Å²) in [6, 6.07) is 3.67. The van der Waals surface area contributed by atoms with Crippen molar-refractivity contribution in [3.8, 4) is 11.5 Å². The molecule has 0 radical (unpaired) electrons. The van der Waals surface area contributed by atoms with Crippen molar-refractivity contribution in [3.63, 3.8) is 0 Å². The molecule has 7 heteroatoms. The first kappa shape index (κ1) is 14.7. The van der Waals surface area contributed by atoms with Gasteiger partial charge in [0.15, 0.2) is 0 Å². The molecule has 102 valence electrons. The predicted octanol–water partition coefficient (Wildman–Crippen LogP) is 2.16. The Bertz CT molecular complexity index is 382. The maximum atomic E-state index is 12.8. The average Bonchev–Trinajstić information content (AvgIpc) is 2.33. The van der Waals surface area contributed by atoms with E-state index in [0.717, 1.165) is 6.07 Å². The smallest absolute Gasteiger partial charge is 0.497 e. The summed E-state index contributed by atoms with van der Waals surface area (Å²) in [6.07, 6.45) is 0.535. The monoisotopic (exact) mass is 263 g/mol. The molecule has 0 saturated heterocycles. The summed E-state index contributed by atoms with van der Waals surface area (Å²) >= 11 is 0. The minimum Gasteiger partial charge on any atom is -0.497 e. The fourth-order valence-electron chi connectivity index (χ4n) is 1.43. The zero-order valence-electron chi connectivity index (χ0n) is 10.3. The molecule has 0 atom stereocenters. The molecular weight excluding hydrogens is 248 g/mol. The number of ether oxygens (including phenoxy) is 3. The molecule has 18 heavy (non-hydrogen) atoms. The van der Waals surface area contributed by atoms with Crippen LogP contribution in [0.2, 0.25) is 0 Å². The number of hydrogen-bond donors (Lipinski definition) is 0. The maximum absolute atomic E-state index is 12.8. The van der Waals surface area contributed by atoms with Gasteiger partial charge < -0.3 is 27.2 Å². The highest BCUT2D eigenvalue weighted by atomic mass is 19.4. The van der Waals surface area contributed by atoms with Crippen molar-refractivity contribution < 1.29 is 27.2 Å². The van der Waals surface area contributed by atoms with Gasteiger partial charge in [0.2, 0.25) is 0 Å². The topological polar surface area (TPSA) is 27.7 Å². The molecule has 0 aliphatic carbocycles. The Hall–Kier alpha value is -1.37. The van der Waals surface area contributed by atoms with Crippen molar-refractivity contribution in [1.29, 1.82) is 0 Å². The van der Waals surface area contributed by atoms with Crippen LogP contribution in [-0.2, 0) is 4.74 Å². The van der Waals surface area contributed by atoms with Gasteiger partial charge in [-0.3, -0.25) is 0 Å². The highest BCUT2D eigenvalue weighted by Gasteiger charge is 2.29. The molecular formula is C11H15BF3O3-. The van der Waals surface area contributed by atoms with Crippen LogP contribution in [0.1, 0.15) is 6.42 Å². The van der Waals surface area contributed by atoms with E-state index >= 15 is 0 Å². The molecule has 1 aromatic carbocycles. The van der Waals surface area contributed by atoms with Crippen molar-refractivity contribution in [2.45, 2.75) is 6.42 Å². The summed E-state index contributed by atoms with van der Waals surface area (Å²) in [7, 11) is 2.85. The van der Waals surface area contributed by atoms with Crippen LogP contribution >= 0.6 is 0 Å². The van der Waals surface area contributed by atoms with E-state index in [4.69, 9.17) is 14.2 Å². The van der Waals surface area contributed by atoms with Crippen LogP contribution in [0.3, 0.4) is 0 Å². The molecule has 1 rings (SSSR count). The summed E-state index contributed by atoms with van der Waals surface area (Å²) in [4.78, 5) is 0. The van der Waals surface area contributed by atoms with Crippen molar-refractivity contribution >= 4 is 12.4 Å². The maximum Gasteiger partial charge on any atom is 0.513 e. The largest absolute Gasteiger partial charge is 0.513 e. The normalized spacial score (nSPS) is 11.4. The Morgan fingerprint density at radius 3 is 2.39 bits per heavy atom. The van der Waals surface area contributed by atoms with Crippen LogP contribution in [0.5, 0.6) is 11.5 Å². The third-order valence-electron chi connectivity index (χ3n) is 2.32. The number of halogens is 3. The van der Waals surface area contributed by atoms with Gasteiger partial charge in [0, 0.05) is 20.1 Å². The van der Waals surface area contributed by atoms with Crippen LogP contribution < -0.4 is 14.9 Å². The zero-order valence-corrected chi connectivity index (χ0v) is 10.3. The number of hydrogen-bond acceptors (Lipinski definition) is 3. The van der Waals surface area contributed by atoms with Crippen LogP contribution in [0, 0.1) is 0 Å². The summed E-state index contributed by atoms with van der Waals surface area (Å²) in [5.41, 5.74) is -0.772. The summed E-state index contributed by atoms with van der Waals surface area (Å²) in [5, 5.41) is 0. The van der Waals surface area contributed by atoms with Crippen molar-refractivity contribution in [2.75, 3.05) is 27.4 Å². The third kappa shape index (κ3) is 4.14. The minimum absolute atomic E-state index is 0.161. The van der Waals surface area contributed by atoms with Crippen molar-refractivity contribution in [2.24, 2.45) is 0 Å². The molecule has 0 N–H and O–H groups in total. The highest BCUT2D eigenvalue weighted by Crippen LogP contribution is 2.22. The van der Waals surface area contributed by atoms with E-state index in [0.29, 0.717) is 13.0 Å². The second kappa shape index (κ2) is 6.54. The molecule has 0 fully saturated rings. The Morgan fingerprint density at radius 2 is 1.83 bits per heavy atom. The summed E-state index contributed by atoms with van der Waals surface area (Å²) in [6.45, 7) is -4.50. The van der Waals surface area contributed by atoms with Gasteiger partial charge >= 0.3 is 6.98 Å². The van der Waals surface area contributed by atoms with Gasteiger partial charge in [0.05, 0.1) is 19.5 Å². The second-order valence-electron chi connectivity index (χ2n) is 3.67. The lowest BCUT2D eigenvalue weighted by atomic mass is 9.79. The molecule has 0 aromatic heterocycles. The first-order valence-electron chi connectivity index (χ1n) is 5.48. The number of rotatable bonds is 7. The Labute approximate surface area is 104 Å². The first-order chi connectivity index (χ1) is 8.49. The molecule has 0 aliphatic rings. The van der Waals surface area contributed by atoms with Crippen LogP contribution in [0.15, 0.2) is 18.2 Å². The fraction of sp³-hybridized carbons (Fsp3) is 0.455. The van der Waals surface area contributed by atoms with Gasteiger partial charge in [-0.2, -0.15) is 0 Å². The molecule has 0 aliphatic heterocycles. The van der Waals surface area contributed by atoms with Crippen molar-refractivity contribution in [3.05, 3.63) is 18.2 Å². The molecule has 1 aromatic rings. The molecule has 0 saturated carbocycles. The molecule has 0 bridgehead atoms. The molecule has 0 unspecified atom stereocenters. The second-order valence-corrected chi connectivity index (χ2v) is 3.67. The third-order valence-corrected chi connectivity index (χ3v) is 2.32. The predicted molar refractivity (Wildman–Crippen MR) is 63.7 cm³/mol. The first-order valence-corrected chi connectivity index (χ1v) is 5.48. The van der Waals surface area contributed by atoms with Crippen molar-refractivity contribution in [1.82, 2.24) is 0 Å².